The molecule has 4 N–H and O–H groups in total. The molecule has 0 aliphatic carbocycles. The first-order valence-corrected chi connectivity index (χ1v) is 12.2. The van der Waals surface area contributed by atoms with Gasteiger partial charge in [-0.1, -0.05) is 0 Å². The predicted molar refractivity (Wildman–Crippen MR) is 136 cm³/mol. The van der Waals surface area contributed by atoms with E-state index in [2.05, 4.69) is 25.0 Å². The van der Waals surface area contributed by atoms with Crippen molar-refractivity contribution in [1.29, 1.82) is 0 Å². The molecule has 1 aliphatic heterocycles. The number of fused-ring (bicyclic) bond motifs is 3. The Kier molecular flexibility index (Phi) is 6.18. The van der Waals surface area contributed by atoms with Gasteiger partial charge in [0.1, 0.15) is 5.82 Å². The lowest BCUT2D eigenvalue weighted by Crippen LogP contribution is -2.47. The minimum Gasteiger partial charge on any atom is -0.481 e. The number of primary amides is 1. The molecule has 1 saturated heterocycles. The number of furan rings is 1. The molecule has 0 unspecified atom stereocenters. The predicted octanol–water partition coefficient (Wildman–Crippen LogP) is 1.28. The number of halogens is 2. The van der Waals surface area contributed by atoms with E-state index in [9.17, 15) is 13.6 Å². The Hall–Kier alpha value is -4.79. The number of ether oxygens (including phenoxy) is 1. The molecule has 13 nitrogen and oxygen atoms in total. The molecule has 1 fully saturated rings. The fourth-order valence-corrected chi connectivity index (χ4v) is 4.59. The van der Waals surface area contributed by atoms with E-state index in [0.29, 0.717) is 67.7 Å². The Morgan fingerprint density at radius 3 is 2.64 bits per heavy atom. The standard InChI is InChI=1S/C24H24F2N10O3/c25-14-10-15(26)18(39-12-19(27)37)11-16(14)34-6-3-33(4-7-34)5-8-35-13-29-20-22(35)31-24(28)36-23(20)30-21(32-36)17-2-1-9-38-17/h1-2,9-11,13H,3-8,12H2,(H2,27,37)(H2,28,31). The van der Waals surface area contributed by atoms with Gasteiger partial charge in [-0.25, -0.2) is 18.7 Å². The number of rotatable bonds is 8. The first-order valence-electron chi connectivity index (χ1n) is 12.2. The number of hydrogen-bond donors (Lipinski definition) is 2. The molecule has 39 heavy (non-hydrogen) atoms. The molecule has 15 heteroatoms. The van der Waals surface area contributed by atoms with Crippen molar-refractivity contribution in [2.75, 3.05) is 50.0 Å². The van der Waals surface area contributed by atoms with E-state index in [-0.39, 0.29) is 17.4 Å². The molecule has 0 atom stereocenters. The third kappa shape index (κ3) is 4.67. The molecule has 6 rings (SSSR count). The number of amides is 1. The lowest BCUT2D eigenvalue weighted by Gasteiger charge is -2.36. The summed E-state index contributed by atoms with van der Waals surface area (Å²) in [7, 11) is 0. The Morgan fingerprint density at radius 1 is 1.08 bits per heavy atom. The average Bonchev–Trinajstić information content (AvgIpc) is 3.67. The molecule has 1 aliphatic rings. The number of imidazole rings is 1. The highest BCUT2D eigenvalue weighted by atomic mass is 19.1. The van der Waals surface area contributed by atoms with Gasteiger partial charge < -0.3 is 30.1 Å². The van der Waals surface area contributed by atoms with Crippen molar-refractivity contribution in [2.24, 2.45) is 5.73 Å². The van der Waals surface area contributed by atoms with Crippen LogP contribution in [-0.4, -0.2) is 79.3 Å². The van der Waals surface area contributed by atoms with E-state index in [4.69, 9.17) is 20.6 Å². The van der Waals surface area contributed by atoms with Gasteiger partial charge in [-0.2, -0.15) is 9.50 Å². The van der Waals surface area contributed by atoms with Gasteiger partial charge >= 0.3 is 0 Å². The Balaban J connectivity index is 1.13. The van der Waals surface area contributed by atoms with E-state index in [0.717, 1.165) is 6.07 Å². The molecule has 5 aromatic rings. The summed E-state index contributed by atoms with van der Waals surface area (Å²) in [6.45, 7) is 3.12. The van der Waals surface area contributed by atoms with Crippen LogP contribution in [0.4, 0.5) is 20.4 Å². The van der Waals surface area contributed by atoms with Crippen molar-refractivity contribution in [2.45, 2.75) is 6.54 Å². The van der Waals surface area contributed by atoms with Gasteiger partial charge in [0.05, 0.1) is 18.3 Å². The fourth-order valence-electron chi connectivity index (χ4n) is 4.59. The average molecular weight is 539 g/mol. The van der Waals surface area contributed by atoms with Crippen molar-refractivity contribution in [3.05, 3.63) is 48.5 Å². The third-order valence-electron chi connectivity index (χ3n) is 6.55. The normalized spacial score (nSPS) is 14.5. The van der Waals surface area contributed by atoms with Gasteiger partial charge in [0.15, 0.2) is 40.7 Å². The zero-order valence-electron chi connectivity index (χ0n) is 20.6. The van der Waals surface area contributed by atoms with Crippen LogP contribution >= 0.6 is 0 Å². The maximum atomic E-state index is 14.5. The van der Waals surface area contributed by atoms with Crippen molar-refractivity contribution in [3.63, 3.8) is 0 Å². The summed E-state index contributed by atoms with van der Waals surface area (Å²) in [5, 5.41) is 4.39. The van der Waals surface area contributed by atoms with Crippen LogP contribution in [0.2, 0.25) is 0 Å². The molecular formula is C24H24F2N10O3. The molecule has 202 valence electrons. The van der Waals surface area contributed by atoms with Gasteiger partial charge in [0.25, 0.3) is 5.91 Å². The van der Waals surface area contributed by atoms with E-state index in [1.54, 1.807) is 24.7 Å². The summed E-state index contributed by atoms with van der Waals surface area (Å²) in [5.74, 6) is -1.48. The summed E-state index contributed by atoms with van der Waals surface area (Å²) in [6.07, 6.45) is 3.23. The van der Waals surface area contributed by atoms with Crippen molar-refractivity contribution in [3.8, 4) is 17.3 Å². The molecule has 4 aromatic heterocycles. The fraction of sp³-hybridized carbons (Fsp3) is 0.292. The SMILES string of the molecule is NC(=O)COc1cc(N2CCN(CCn3cnc4c3nc(N)n3nc(-c5ccco5)nc43)CC2)c(F)cc1F. The molecule has 5 heterocycles. The number of nitrogen functional groups attached to an aromatic ring is 1. The van der Waals surface area contributed by atoms with Crippen molar-refractivity contribution in [1.82, 2.24) is 34.0 Å². The Labute approximate surface area is 219 Å². The highest BCUT2D eigenvalue weighted by molar-refractivity contribution is 5.87. The van der Waals surface area contributed by atoms with Crippen LogP contribution in [0.5, 0.6) is 5.75 Å². The minimum absolute atomic E-state index is 0.179. The van der Waals surface area contributed by atoms with E-state index in [1.165, 1.54) is 10.6 Å². The number of piperazine rings is 1. The highest BCUT2D eigenvalue weighted by Gasteiger charge is 2.23. The largest absolute Gasteiger partial charge is 0.481 e. The zero-order valence-corrected chi connectivity index (χ0v) is 20.6. The molecule has 0 bridgehead atoms. The number of carbonyl (C=O) groups is 1. The highest BCUT2D eigenvalue weighted by Crippen LogP contribution is 2.29. The van der Waals surface area contributed by atoms with Crippen LogP contribution in [0.15, 0.2) is 41.3 Å². The number of anilines is 2. The molecule has 0 spiro atoms. The number of nitrogens with two attached hydrogens (primary N) is 2. The molecule has 1 aromatic carbocycles. The van der Waals surface area contributed by atoms with Gasteiger partial charge in [-0.05, 0) is 12.1 Å². The quantitative estimate of drug-likeness (QED) is 0.295. The first kappa shape index (κ1) is 24.5. The number of benzene rings is 1. The lowest BCUT2D eigenvalue weighted by atomic mass is 10.2. The molecule has 0 radical (unpaired) electrons. The van der Waals surface area contributed by atoms with Crippen LogP contribution in [0.1, 0.15) is 0 Å². The summed E-state index contributed by atoms with van der Waals surface area (Å²) in [5.41, 5.74) is 13.1. The van der Waals surface area contributed by atoms with E-state index < -0.39 is 24.1 Å². The maximum absolute atomic E-state index is 14.5. The van der Waals surface area contributed by atoms with Gasteiger partial charge in [0, 0.05) is 51.4 Å². The van der Waals surface area contributed by atoms with Crippen molar-refractivity contribution >= 4 is 34.4 Å². The lowest BCUT2D eigenvalue weighted by molar-refractivity contribution is -0.120. The summed E-state index contributed by atoms with van der Waals surface area (Å²) in [4.78, 5) is 28.5. The van der Waals surface area contributed by atoms with Crippen LogP contribution in [0.3, 0.4) is 0 Å². The summed E-state index contributed by atoms with van der Waals surface area (Å²) < 4.78 is 42.4. The molecule has 0 saturated carbocycles. The number of hydrogen-bond acceptors (Lipinski definition) is 10. The van der Waals surface area contributed by atoms with Gasteiger partial charge in [-0.3, -0.25) is 9.69 Å². The van der Waals surface area contributed by atoms with Gasteiger partial charge in [-0.15, -0.1) is 5.10 Å². The van der Waals surface area contributed by atoms with Crippen molar-refractivity contribution < 1.29 is 22.7 Å². The Morgan fingerprint density at radius 2 is 1.90 bits per heavy atom. The first-order chi connectivity index (χ1) is 18.9. The maximum Gasteiger partial charge on any atom is 0.255 e. The zero-order chi connectivity index (χ0) is 27.1. The van der Waals surface area contributed by atoms with E-state index >= 15 is 0 Å². The second-order valence-electron chi connectivity index (χ2n) is 9.05. The number of carbonyl (C=O) groups excluding carboxylic acids is 1. The third-order valence-corrected chi connectivity index (χ3v) is 6.55. The second-order valence-corrected chi connectivity index (χ2v) is 9.05. The smallest absolute Gasteiger partial charge is 0.255 e. The summed E-state index contributed by atoms with van der Waals surface area (Å²) >= 11 is 0. The van der Waals surface area contributed by atoms with Gasteiger partial charge in [0.2, 0.25) is 11.8 Å². The van der Waals surface area contributed by atoms with Crippen LogP contribution in [0, 0.1) is 11.6 Å². The van der Waals surface area contributed by atoms with Crippen LogP contribution in [0.25, 0.3) is 28.4 Å². The molecule has 1 amide bonds. The Bertz CT molecular complexity index is 1660. The van der Waals surface area contributed by atoms with Crippen LogP contribution in [-0.2, 0) is 11.3 Å². The second kappa shape index (κ2) is 9.83. The minimum atomic E-state index is -0.890. The number of nitrogens with zero attached hydrogens (tertiary/aromatic N) is 8. The summed E-state index contributed by atoms with van der Waals surface area (Å²) in [6, 6.07) is 5.53. The number of aromatic nitrogens is 6. The van der Waals surface area contributed by atoms with Crippen LogP contribution < -0.4 is 21.1 Å². The van der Waals surface area contributed by atoms with E-state index in [1.807, 2.05) is 9.47 Å². The molecular weight excluding hydrogens is 514 g/mol. The topological polar surface area (TPSA) is 159 Å². The monoisotopic (exact) mass is 538 g/mol.